The number of carbonyl (C=O) groups excluding carboxylic acids is 1. The molecule has 0 spiro atoms. The van der Waals surface area contributed by atoms with Gasteiger partial charge in [0.15, 0.2) is 0 Å². The van der Waals surface area contributed by atoms with Crippen molar-refractivity contribution in [3.05, 3.63) is 64.1 Å². The summed E-state index contributed by atoms with van der Waals surface area (Å²) in [6.07, 6.45) is 1.97. The van der Waals surface area contributed by atoms with Gasteiger partial charge in [-0.2, -0.15) is 5.10 Å². The first kappa shape index (κ1) is 19.7. The summed E-state index contributed by atoms with van der Waals surface area (Å²) in [6, 6.07) is 15.6. The second kappa shape index (κ2) is 9.74. The molecule has 142 valence electrons. The second-order valence-corrected chi connectivity index (χ2v) is 7.20. The zero-order valence-electron chi connectivity index (χ0n) is 14.9. The summed E-state index contributed by atoms with van der Waals surface area (Å²) in [5.74, 6) is -0.100. The maximum absolute atomic E-state index is 12.0. The van der Waals surface area contributed by atoms with Crippen LogP contribution in [0.25, 0.3) is 0 Å². The van der Waals surface area contributed by atoms with E-state index in [-0.39, 0.29) is 5.91 Å². The molecule has 0 bridgehead atoms. The second-order valence-electron chi connectivity index (χ2n) is 6.38. The van der Waals surface area contributed by atoms with Gasteiger partial charge in [-0.25, -0.2) is 5.43 Å². The van der Waals surface area contributed by atoms with Crippen LogP contribution >= 0.6 is 23.2 Å². The number of para-hydroxylation sites is 1. The molecule has 27 heavy (non-hydrogen) atoms. The van der Waals surface area contributed by atoms with Gasteiger partial charge in [0.2, 0.25) is 5.91 Å². The molecular formula is C20H22Cl2N4O. The number of rotatable bonds is 6. The van der Waals surface area contributed by atoms with Gasteiger partial charge in [0, 0.05) is 44.8 Å². The minimum absolute atomic E-state index is 0.100. The highest BCUT2D eigenvalue weighted by Gasteiger charge is 2.17. The number of anilines is 1. The summed E-state index contributed by atoms with van der Waals surface area (Å²) in [4.78, 5) is 16.7. The zero-order chi connectivity index (χ0) is 19.1. The lowest BCUT2D eigenvalue weighted by Gasteiger charge is -2.36. The summed E-state index contributed by atoms with van der Waals surface area (Å²) < 4.78 is 0. The van der Waals surface area contributed by atoms with E-state index in [1.165, 1.54) is 5.69 Å². The molecule has 0 saturated carbocycles. The molecule has 3 rings (SSSR count). The molecule has 1 fully saturated rings. The highest BCUT2D eigenvalue weighted by molar-refractivity contribution is 6.42. The zero-order valence-corrected chi connectivity index (χ0v) is 16.5. The predicted molar refractivity (Wildman–Crippen MR) is 112 cm³/mol. The predicted octanol–water partition coefficient (Wildman–Crippen LogP) is 3.66. The summed E-state index contributed by atoms with van der Waals surface area (Å²) >= 11 is 11.8. The van der Waals surface area contributed by atoms with Gasteiger partial charge in [-0.15, -0.1) is 0 Å². The lowest BCUT2D eigenvalue weighted by molar-refractivity contribution is -0.121. The number of hydrogen-bond acceptors (Lipinski definition) is 4. The Morgan fingerprint density at radius 2 is 1.78 bits per heavy atom. The monoisotopic (exact) mass is 404 g/mol. The third-order valence-corrected chi connectivity index (χ3v) is 5.23. The Hall–Kier alpha value is -2.08. The van der Waals surface area contributed by atoms with Crippen molar-refractivity contribution in [1.82, 2.24) is 10.3 Å². The Balaban J connectivity index is 1.37. The van der Waals surface area contributed by atoms with Gasteiger partial charge in [0.1, 0.15) is 0 Å². The molecule has 0 aliphatic carbocycles. The van der Waals surface area contributed by atoms with E-state index in [2.05, 4.69) is 44.6 Å². The van der Waals surface area contributed by atoms with Crippen LogP contribution in [0.3, 0.4) is 0 Å². The van der Waals surface area contributed by atoms with E-state index in [1.807, 2.05) is 6.07 Å². The van der Waals surface area contributed by atoms with E-state index in [9.17, 15) is 4.79 Å². The van der Waals surface area contributed by atoms with Gasteiger partial charge in [0.05, 0.1) is 16.3 Å². The smallest absolute Gasteiger partial charge is 0.241 e. The number of amides is 1. The molecule has 0 radical (unpaired) electrons. The molecule has 1 saturated heterocycles. The number of nitrogens with zero attached hydrogens (tertiary/aromatic N) is 3. The lowest BCUT2D eigenvalue weighted by Crippen LogP contribution is -2.47. The van der Waals surface area contributed by atoms with Crippen LogP contribution in [0.5, 0.6) is 0 Å². The minimum atomic E-state index is -0.100. The Morgan fingerprint density at radius 3 is 2.48 bits per heavy atom. The van der Waals surface area contributed by atoms with Crippen molar-refractivity contribution >= 4 is 41.0 Å². The number of piperazine rings is 1. The van der Waals surface area contributed by atoms with Crippen LogP contribution in [0.15, 0.2) is 53.6 Å². The van der Waals surface area contributed by atoms with E-state index in [1.54, 1.807) is 24.4 Å². The Labute approximate surface area is 169 Å². The number of halogens is 2. The van der Waals surface area contributed by atoms with Gasteiger partial charge in [-0.1, -0.05) is 47.5 Å². The first-order valence-electron chi connectivity index (χ1n) is 8.91. The van der Waals surface area contributed by atoms with Crippen molar-refractivity contribution in [2.24, 2.45) is 5.10 Å². The summed E-state index contributed by atoms with van der Waals surface area (Å²) in [7, 11) is 0. The quantitative estimate of drug-likeness (QED) is 0.590. The third-order valence-electron chi connectivity index (χ3n) is 4.50. The number of nitrogens with one attached hydrogen (secondary N) is 1. The van der Waals surface area contributed by atoms with E-state index in [4.69, 9.17) is 23.2 Å². The molecule has 0 aromatic heterocycles. The first-order valence-corrected chi connectivity index (χ1v) is 9.67. The molecule has 1 amide bonds. The maximum atomic E-state index is 12.0. The van der Waals surface area contributed by atoms with Crippen molar-refractivity contribution in [2.45, 2.75) is 6.42 Å². The SMILES string of the molecule is O=C(CCN1CCN(c2ccccc2)CC1)N/N=C/c1ccc(Cl)c(Cl)c1. The third kappa shape index (κ3) is 5.96. The van der Waals surface area contributed by atoms with Crippen molar-refractivity contribution < 1.29 is 4.79 Å². The van der Waals surface area contributed by atoms with Crippen LogP contribution in [-0.2, 0) is 4.79 Å². The molecule has 0 unspecified atom stereocenters. The Kier molecular flexibility index (Phi) is 7.10. The molecule has 7 heteroatoms. The van der Waals surface area contributed by atoms with Crippen LogP contribution in [0.1, 0.15) is 12.0 Å². The Morgan fingerprint density at radius 1 is 1.04 bits per heavy atom. The number of carbonyl (C=O) groups is 1. The van der Waals surface area contributed by atoms with Gasteiger partial charge in [0.25, 0.3) is 0 Å². The van der Waals surface area contributed by atoms with Crippen molar-refractivity contribution in [2.75, 3.05) is 37.6 Å². The Bertz CT molecular complexity index is 790. The molecule has 1 aliphatic heterocycles. The molecular weight excluding hydrogens is 383 g/mol. The fourth-order valence-corrected chi connectivity index (χ4v) is 3.26. The topological polar surface area (TPSA) is 47.9 Å². The standard InChI is InChI=1S/C20H22Cl2N4O/c21-18-7-6-16(14-19(18)22)15-23-24-20(27)8-9-25-10-12-26(13-11-25)17-4-2-1-3-5-17/h1-7,14-15H,8-13H2,(H,24,27)/b23-15+. The summed E-state index contributed by atoms with van der Waals surface area (Å²) in [5, 5.41) is 4.93. The highest BCUT2D eigenvalue weighted by atomic mass is 35.5. The van der Waals surface area contributed by atoms with E-state index < -0.39 is 0 Å². The first-order chi connectivity index (χ1) is 13.1. The molecule has 5 nitrogen and oxygen atoms in total. The lowest BCUT2D eigenvalue weighted by atomic mass is 10.2. The van der Waals surface area contributed by atoms with Crippen molar-refractivity contribution in [3.8, 4) is 0 Å². The van der Waals surface area contributed by atoms with E-state index in [0.29, 0.717) is 16.5 Å². The van der Waals surface area contributed by atoms with E-state index in [0.717, 1.165) is 38.3 Å². The van der Waals surface area contributed by atoms with Gasteiger partial charge in [-0.05, 0) is 29.8 Å². The highest BCUT2D eigenvalue weighted by Crippen LogP contribution is 2.21. The maximum Gasteiger partial charge on any atom is 0.241 e. The average molecular weight is 405 g/mol. The van der Waals surface area contributed by atoms with Gasteiger partial charge < -0.3 is 4.90 Å². The molecule has 2 aromatic rings. The van der Waals surface area contributed by atoms with Gasteiger partial charge in [-0.3, -0.25) is 9.69 Å². The largest absolute Gasteiger partial charge is 0.369 e. The number of hydrazone groups is 1. The molecule has 2 aromatic carbocycles. The number of hydrogen-bond donors (Lipinski definition) is 1. The fraction of sp³-hybridized carbons (Fsp3) is 0.300. The van der Waals surface area contributed by atoms with Crippen LogP contribution in [0.2, 0.25) is 10.0 Å². The summed E-state index contributed by atoms with van der Waals surface area (Å²) in [6.45, 7) is 4.59. The molecule has 0 atom stereocenters. The van der Waals surface area contributed by atoms with Crippen molar-refractivity contribution in [1.29, 1.82) is 0 Å². The molecule has 1 heterocycles. The minimum Gasteiger partial charge on any atom is -0.369 e. The summed E-state index contributed by atoms with van der Waals surface area (Å²) in [5.41, 5.74) is 4.59. The van der Waals surface area contributed by atoms with Crippen LogP contribution in [0.4, 0.5) is 5.69 Å². The average Bonchev–Trinajstić information content (AvgIpc) is 2.70. The van der Waals surface area contributed by atoms with Gasteiger partial charge >= 0.3 is 0 Å². The number of benzene rings is 2. The van der Waals surface area contributed by atoms with Crippen molar-refractivity contribution in [3.63, 3.8) is 0 Å². The van der Waals surface area contributed by atoms with Crippen LogP contribution in [0, 0.1) is 0 Å². The van der Waals surface area contributed by atoms with E-state index >= 15 is 0 Å². The molecule has 1 aliphatic rings. The van der Waals surface area contributed by atoms with Crippen LogP contribution in [-0.4, -0.2) is 49.7 Å². The normalized spacial score (nSPS) is 15.3. The van der Waals surface area contributed by atoms with Crippen LogP contribution < -0.4 is 10.3 Å². The fourth-order valence-electron chi connectivity index (χ4n) is 2.96. The molecule has 1 N–H and O–H groups in total.